The summed E-state index contributed by atoms with van der Waals surface area (Å²) in [7, 11) is 5.55. The van der Waals surface area contributed by atoms with E-state index in [4.69, 9.17) is 41.3 Å². The molecule has 1 unspecified atom stereocenters. The van der Waals surface area contributed by atoms with Gasteiger partial charge >= 0.3 is 0 Å². The average molecular weight is 553 g/mol. The smallest absolute Gasteiger partial charge is 0.227 e. The van der Waals surface area contributed by atoms with Crippen molar-refractivity contribution in [2.45, 2.75) is 19.6 Å². The molecule has 2 aromatic heterocycles. The minimum Gasteiger partial charge on any atom is -0.494 e. The highest BCUT2D eigenvalue weighted by Crippen LogP contribution is 2.40. The maximum Gasteiger partial charge on any atom is 0.227 e. The van der Waals surface area contributed by atoms with Gasteiger partial charge in [-0.2, -0.15) is 0 Å². The number of para-hydroxylation sites is 1. The maximum atomic E-state index is 6.60. The average Bonchev–Trinajstić information content (AvgIpc) is 3.29. The van der Waals surface area contributed by atoms with Crippen LogP contribution in [0, 0.1) is 0 Å². The molecule has 2 aromatic carbocycles. The van der Waals surface area contributed by atoms with Crippen LogP contribution in [0.3, 0.4) is 0 Å². The Balaban J connectivity index is 1.44. The zero-order valence-electron chi connectivity index (χ0n) is 22.5. The number of likely N-dealkylation sites (N-methyl/N-ethyl adjacent to an activating group) is 1. The molecule has 0 amide bonds. The first kappa shape index (κ1) is 26.9. The summed E-state index contributed by atoms with van der Waals surface area (Å²) in [4.78, 5) is 11.2. The van der Waals surface area contributed by atoms with Gasteiger partial charge in [0, 0.05) is 36.4 Å². The van der Waals surface area contributed by atoms with Crippen molar-refractivity contribution in [2.24, 2.45) is 0 Å². The number of nitrogens with two attached hydrogens (primary N) is 1. The van der Waals surface area contributed by atoms with E-state index in [1.54, 1.807) is 25.4 Å². The topological polar surface area (TPSA) is 109 Å². The molecular weight excluding hydrogens is 520 g/mol. The molecule has 0 spiro atoms. The van der Waals surface area contributed by atoms with Crippen LogP contribution in [-0.2, 0) is 11.3 Å². The van der Waals surface area contributed by atoms with Crippen molar-refractivity contribution < 1.29 is 18.9 Å². The molecule has 0 bridgehead atoms. The Hall–Kier alpha value is -3.73. The summed E-state index contributed by atoms with van der Waals surface area (Å²) in [6.45, 7) is 5.05. The van der Waals surface area contributed by atoms with Crippen LogP contribution in [0.1, 0.15) is 6.92 Å². The number of hydrogen-bond acceptors (Lipinski definition) is 9. The number of ether oxygens (including phenoxy) is 4. The zero-order valence-corrected chi connectivity index (χ0v) is 23.3. The number of anilines is 3. The van der Waals surface area contributed by atoms with Gasteiger partial charge in [0.2, 0.25) is 5.95 Å². The normalized spacial score (nSPS) is 13.4. The standard InChI is InChI=1S/C28H33ClN6O4/c1-5-37-16-17(14-34(2)3)39-24-12-25(36-4)22(11-21(24)30)32-28-31-13-20(29)26(33-28)19-15-35-9-10-38-23-8-6-7-18(19)27(23)35/h6-8,11-13,15,17H,5,9-10,14,16,30H2,1-4H3,(H,31,32,33). The van der Waals surface area contributed by atoms with Crippen molar-refractivity contribution in [2.75, 3.05) is 58.6 Å². The Morgan fingerprint density at radius 3 is 2.87 bits per heavy atom. The molecule has 11 heteroatoms. The van der Waals surface area contributed by atoms with Crippen LogP contribution in [0.25, 0.3) is 22.2 Å². The molecule has 3 N–H and O–H groups in total. The second-order valence-electron chi connectivity index (χ2n) is 9.50. The molecule has 1 aliphatic rings. The molecule has 1 aliphatic heterocycles. The fraction of sp³-hybridized carbons (Fsp3) is 0.357. The molecule has 4 aromatic rings. The SMILES string of the molecule is CCOCC(CN(C)C)Oc1cc(OC)c(Nc2ncc(Cl)c(-c3cn4c5c(cccc35)OCC4)n2)cc1N. The third-order valence-corrected chi connectivity index (χ3v) is 6.68. The number of nitrogen functional groups attached to an aromatic ring is 1. The first-order chi connectivity index (χ1) is 18.9. The Kier molecular flexibility index (Phi) is 7.97. The predicted molar refractivity (Wildman–Crippen MR) is 154 cm³/mol. The van der Waals surface area contributed by atoms with Gasteiger partial charge in [0.25, 0.3) is 0 Å². The fourth-order valence-electron chi connectivity index (χ4n) is 4.70. The van der Waals surface area contributed by atoms with Crippen LogP contribution in [-0.4, -0.2) is 73.1 Å². The Morgan fingerprint density at radius 2 is 2.10 bits per heavy atom. The fourth-order valence-corrected chi connectivity index (χ4v) is 4.90. The van der Waals surface area contributed by atoms with Crippen molar-refractivity contribution in [3.63, 3.8) is 0 Å². The molecular formula is C28H33ClN6O4. The Bertz CT molecular complexity index is 1470. The lowest BCUT2D eigenvalue weighted by Crippen LogP contribution is -2.34. The second-order valence-corrected chi connectivity index (χ2v) is 9.91. The van der Waals surface area contributed by atoms with Gasteiger partial charge in [-0.15, -0.1) is 0 Å². The minimum atomic E-state index is -0.197. The van der Waals surface area contributed by atoms with Crippen molar-refractivity contribution >= 4 is 39.8 Å². The molecule has 3 heterocycles. The summed E-state index contributed by atoms with van der Waals surface area (Å²) >= 11 is 6.60. The monoisotopic (exact) mass is 552 g/mol. The highest BCUT2D eigenvalue weighted by atomic mass is 35.5. The lowest BCUT2D eigenvalue weighted by atomic mass is 10.1. The zero-order chi connectivity index (χ0) is 27.5. The van der Waals surface area contributed by atoms with Gasteiger partial charge in [-0.3, -0.25) is 0 Å². The summed E-state index contributed by atoms with van der Waals surface area (Å²) in [6, 6.07) is 9.49. The van der Waals surface area contributed by atoms with Crippen molar-refractivity contribution in [3.05, 3.63) is 47.7 Å². The summed E-state index contributed by atoms with van der Waals surface area (Å²) in [5, 5.41) is 4.70. The number of benzene rings is 2. The molecule has 0 saturated heterocycles. The van der Waals surface area contributed by atoms with E-state index in [1.165, 1.54) is 0 Å². The van der Waals surface area contributed by atoms with E-state index < -0.39 is 0 Å². The first-order valence-corrected chi connectivity index (χ1v) is 13.2. The number of methoxy groups -OCH3 is 1. The quantitative estimate of drug-likeness (QED) is 0.253. The number of nitrogens with one attached hydrogen (secondary N) is 1. The predicted octanol–water partition coefficient (Wildman–Crippen LogP) is 4.82. The van der Waals surface area contributed by atoms with E-state index in [2.05, 4.69) is 21.1 Å². The molecule has 0 aliphatic carbocycles. The third-order valence-electron chi connectivity index (χ3n) is 6.40. The van der Waals surface area contributed by atoms with Crippen LogP contribution in [0.5, 0.6) is 17.2 Å². The number of halogens is 1. The number of nitrogens with zero attached hydrogens (tertiary/aromatic N) is 4. The number of aromatic nitrogens is 3. The van der Waals surface area contributed by atoms with Crippen LogP contribution in [0.4, 0.5) is 17.3 Å². The van der Waals surface area contributed by atoms with Crippen LogP contribution in [0.2, 0.25) is 5.02 Å². The lowest BCUT2D eigenvalue weighted by molar-refractivity contribution is 0.0435. The Morgan fingerprint density at radius 1 is 1.26 bits per heavy atom. The highest BCUT2D eigenvalue weighted by molar-refractivity contribution is 6.33. The highest BCUT2D eigenvalue weighted by Gasteiger charge is 2.21. The molecule has 0 radical (unpaired) electrons. The summed E-state index contributed by atoms with van der Waals surface area (Å²) < 4.78 is 25.5. The van der Waals surface area contributed by atoms with E-state index in [1.807, 2.05) is 44.1 Å². The van der Waals surface area contributed by atoms with Gasteiger partial charge in [0.1, 0.15) is 30.0 Å². The van der Waals surface area contributed by atoms with Crippen molar-refractivity contribution in [3.8, 4) is 28.5 Å². The summed E-state index contributed by atoms with van der Waals surface area (Å²) in [6.07, 6.45) is 3.45. The lowest BCUT2D eigenvalue weighted by Gasteiger charge is -2.24. The maximum absolute atomic E-state index is 6.60. The van der Waals surface area contributed by atoms with E-state index in [9.17, 15) is 0 Å². The van der Waals surface area contributed by atoms with Crippen molar-refractivity contribution in [1.29, 1.82) is 0 Å². The van der Waals surface area contributed by atoms with Crippen LogP contribution < -0.4 is 25.3 Å². The molecule has 206 valence electrons. The molecule has 0 saturated carbocycles. The van der Waals surface area contributed by atoms with Gasteiger partial charge in [0.05, 0.1) is 54.1 Å². The largest absolute Gasteiger partial charge is 0.494 e. The van der Waals surface area contributed by atoms with E-state index in [0.717, 1.165) is 28.8 Å². The summed E-state index contributed by atoms with van der Waals surface area (Å²) in [5.74, 6) is 2.25. The van der Waals surface area contributed by atoms with Gasteiger partial charge in [-0.1, -0.05) is 23.7 Å². The van der Waals surface area contributed by atoms with Gasteiger partial charge in [-0.25, -0.2) is 9.97 Å². The molecule has 10 nitrogen and oxygen atoms in total. The molecule has 39 heavy (non-hydrogen) atoms. The number of hydrogen-bond donors (Lipinski definition) is 2. The second kappa shape index (κ2) is 11.6. The molecule has 1 atom stereocenters. The summed E-state index contributed by atoms with van der Waals surface area (Å²) in [5.41, 5.74) is 10.0. The first-order valence-electron chi connectivity index (χ1n) is 12.8. The minimum absolute atomic E-state index is 0.197. The van der Waals surface area contributed by atoms with Crippen molar-refractivity contribution in [1.82, 2.24) is 19.4 Å². The Labute approximate surface area is 232 Å². The molecule has 0 fully saturated rings. The van der Waals surface area contributed by atoms with Crippen LogP contribution >= 0.6 is 11.6 Å². The molecule has 5 rings (SSSR count). The van der Waals surface area contributed by atoms with Crippen LogP contribution in [0.15, 0.2) is 42.7 Å². The third kappa shape index (κ3) is 5.68. The number of rotatable bonds is 11. The van der Waals surface area contributed by atoms with E-state index >= 15 is 0 Å². The van der Waals surface area contributed by atoms with Gasteiger partial charge in [0.15, 0.2) is 0 Å². The van der Waals surface area contributed by atoms with Gasteiger partial charge in [-0.05, 0) is 33.2 Å². The van der Waals surface area contributed by atoms with E-state index in [0.29, 0.717) is 65.9 Å². The van der Waals surface area contributed by atoms with Gasteiger partial charge < -0.3 is 39.5 Å². The van der Waals surface area contributed by atoms with E-state index in [-0.39, 0.29) is 6.10 Å².